The number of ether oxygens (including phenoxy) is 1. The zero-order valence-corrected chi connectivity index (χ0v) is 10.8. The summed E-state index contributed by atoms with van der Waals surface area (Å²) in [5.41, 5.74) is 6.84. The minimum Gasteiger partial charge on any atom is -0.477 e. The van der Waals surface area contributed by atoms with Gasteiger partial charge in [-0.05, 0) is 25.8 Å². The summed E-state index contributed by atoms with van der Waals surface area (Å²) >= 11 is 0. The van der Waals surface area contributed by atoms with Gasteiger partial charge in [0.15, 0.2) is 0 Å². The first-order chi connectivity index (χ1) is 8.48. The molecule has 4 nitrogen and oxygen atoms in total. The van der Waals surface area contributed by atoms with Gasteiger partial charge in [-0.3, -0.25) is 0 Å². The Morgan fingerprint density at radius 3 is 2.61 bits per heavy atom. The van der Waals surface area contributed by atoms with Crippen LogP contribution in [0.1, 0.15) is 19.4 Å². The first-order valence-electron chi connectivity index (χ1n) is 6.18. The minimum absolute atomic E-state index is 0.261. The van der Waals surface area contributed by atoms with Crippen LogP contribution < -0.4 is 5.73 Å². The lowest BCUT2D eigenvalue weighted by atomic mass is 10.0. The molecular formula is C14H20N2O2. The maximum Gasteiger partial charge on any atom is 0.215 e. The van der Waals surface area contributed by atoms with Gasteiger partial charge in [0.05, 0.1) is 5.54 Å². The van der Waals surface area contributed by atoms with Crippen LogP contribution in [-0.2, 0) is 11.2 Å². The van der Waals surface area contributed by atoms with Gasteiger partial charge >= 0.3 is 0 Å². The molecule has 0 fully saturated rings. The topological polar surface area (TPSA) is 67.8 Å². The lowest BCUT2D eigenvalue weighted by molar-refractivity contribution is 0.168. The van der Waals surface area contributed by atoms with Crippen LogP contribution in [0.2, 0.25) is 0 Å². The standard InChI is InChI=1S/C14H20N2O2/c1-14(2)9-18-13(16-14)12(17)11(15)8-10-6-4-3-5-7-10/h3-7,11-12,17H,8-9,15H2,1-2H3. The van der Waals surface area contributed by atoms with E-state index >= 15 is 0 Å². The molecule has 0 saturated carbocycles. The highest BCUT2D eigenvalue weighted by molar-refractivity contribution is 5.83. The van der Waals surface area contributed by atoms with E-state index in [0.717, 1.165) is 5.56 Å². The molecule has 0 bridgehead atoms. The van der Waals surface area contributed by atoms with Gasteiger partial charge in [-0.2, -0.15) is 0 Å². The molecule has 1 aliphatic rings. The molecule has 0 aromatic heterocycles. The number of rotatable bonds is 4. The SMILES string of the molecule is CC1(C)COC(C(O)C(N)Cc2ccccc2)=N1. The van der Waals surface area contributed by atoms with E-state index in [1.165, 1.54) is 0 Å². The molecule has 3 N–H and O–H groups in total. The van der Waals surface area contributed by atoms with Crippen molar-refractivity contribution in [1.29, 1.82) is 0 Å². The Morgan fingerprint density at radius 1 is 1.39 bits per heavy atom. The van der Waals surface area contributed by atoms with E-state index in [1.807, 2.05) is 44.2 Å². The van der Waals surface area contributed by atoms with Crippen LogP contribution in [0.15, 0.2) is 35.3 Å². The molecule has 1 heterocycles. The van der Waals surface area contributed by atoms with Gasteiger partial charge in [0.1, 0.15) is 12.7 Å². The van der Waals surface area contributed by atoms with Crippen LogP contribution in [0, 0.1) is 0 Å². The normalized spacial score (nSPS) is 21.0. The van der Waals surface area contributed by atoms with Crippen LogP contribution in [0.5, 0.6) is 0 Å². The molecule has 0 radical (unpaired) electrons. The van der Waals surface area contributed by atoms with E-state index in [0.29, 0.717) is 18.9 Å². The summed E-state index contributed by atoms with van der Waals surface area (Å²) in [7, 11) is 0. The predicted molar refractivity (Wildman–Crippen MR) is 71.6 cm³/mol. The molecule has 2 atom stereocenters. The Hall–Kier alpha value is -1.39. The van der Waals surface area contributed by atoms with E-state index < -0.39 is 12.1 Å². The third-order valence-corrected chi connectivity index (χ3v) is 2.96. The molecule has 18 heavy (non-hydrogen) atoms. The number of benzene rings is 1. The number of nitrogens with zero attached hydrogens (tertiary/aromatic N) is 1. The van der Waals surface area contributed by atoms with Crippen molar-refractivity contribution in [3.05, 3.63) is 35.9 Å². The Kier molecular flexibility index (Phi) is 3.68. The second-order valence-corrected chi connectivity index (χ2v) is 5.35. The summed E-state index contributed by atoms with van der Waals surface area (Å²) in [4.78, 5) is 4.35. The number of aliphatic hydroxyl groups excluding tert-OH is 1. The molecule has 0 saturated heterocycles. The minimum atomic E-state index is -0.841. The molecule has 0 aliphatic carbocycles. The molecule has 1 aromatic rings. The molecule has 2 rings (SSSR count). The first kappa shape index (κ1) is 13.1. The Morgan fingerprint density at radius 2 is 2.06 bits per heavy atom. The number of hydrogen-bond acceptors (Lipinski definition) is 4. The van der Waals surface area contributed by atoms with E-state index in [-0.39, 0.29) is 5.54 Å². The molecule has 98 valence electrons. The molecule has 0 amide bonds. The zero-order valence-electron chi connectivity index (χ0n) is 10.8. The fourth-order valence-electron chi connectivity index (χ4n) is 1.95. The molecule has 4 heteroatoms. The van der Waals surface area contributed by atoms with Gasteiger partial charge in [0.2, 0.25) is 5.90 Å². The van der Waals surface area contributed by atoms with Gasteiger partial charge in [-0.1, -0.05) is 30.3 Å². The van der Waals surface area contributed by atoms with Crippen molar-refractivity contribution in [3.8, 4) is 0 Å². The quantitative estimate of drug-likeness (QED) is 0.839. The van der Waals surface area contributed by atoms with Gasteiger partial charge < -0.3 is 15.6 Å². The summed E-state index contributed by atoms with van der Waals surface area (Å²) in [5.74, 6) is 0.364. The Balaban J connectivity index is 2.00. The molecule has 1 aromatic carbocycles. The summed E-state index contributed by atoms with van der Waals surface area (Å²) in [6.07, 6.45) is -0.239. The monoisotopic (exact) mass is 248 g/mol. The smallest absolute Gasteiger partial charge is 0.215 e. The third-order valence-electron chi connectivity index (χ3n) is 2.96. The fraction of sp³-hybridized carbons (Fsp3) is 0.500. The van der Waals surface area contributed by atoms with E-state index in [1.54, 1.807) is 0 Å². The second-order valence-electron chi connectivity index (χ2n) is 5.35. The molecule has 2 unspecified atom stereocenters. The van der Waals surface area contributed by atoms with Crippen molar-refractivity contribution >= 4 is 5.90 Å². The van der Waals surface area contributed by atoms with Crippen LogP contribution in [0.25, 0.3) is 0 Å². The highest BCUT2D eigenvalue weighted by atomic mass is 16.5. The van der Waals surface area contributed by atoms with Gasteiger partial charge in [-0.15, -0.1) is 0 Å². The lowest BCUT2D eigenvalue weighted by Gasteiger charge is -2.18. The maximum absolute atomic E-state index is 10.1. The summed E-state index contributed by atoms with van der Waals surface area (Å²) in [6, 6.07) is 9.46. The van der Waals surface area contributed by atoms with Crippen LogP contribution >= 0.6 is 0 Å². The highest BCUT2D eigenvalue weighted by Crippen LogP contribution is 2.19. The van der Waals surface area contributed by atoms with E-state index in [9.17, 15) is 5.11 Å². The fourth-order valence-corrected chi connectivity index (χ4v) is 1.95. The van der Waals surface area contributed by atoms with Gasteiger partial charge in [0.25, 0.3) is 0 Å². The first-order valence-corrected chi connectivity index (χ1v) is 6.18. The van der Waals surface area contributed by atoms with Crippen molar-refractivity contribution < 1.29 is 9.84 Å². The van der Waals surface area contributed by atoms with Gasteiger partial charge in [0, 0.05) is 6.04 Å². The van der Waals surface area contributed by atoms with Crippen LogP contribution in [0.4, 0.5) is 0 Å². The van der Waals surface area contributed by atoms with Crippen molar-refractivity contribution in [2.45, 2.75) is 38.0 Å². The van der Waals surface area contributed by atoms with E-state index in [4.69, 9.17) is 10.5 Å². The average molecular weight is 248 g/mol. The summed E-state index contributed by atoms with van der Waals surface area (Å²) in [6.45, 7) is 4.43. The van der Waals surface area contributed by atoms with Crippen molar-refractivity contribution in [3.63, 3.8) is 0 Å². The van der Waals surface area contributed by atoms with Crippen molar-refractivity contribution in [2.75, 3.05) is 6.61 Å². The van der Waals surface area contributed by atoms with Crippen LogP contribution in [-0.4, -0.2) is 35.3 Å². The second kappa shape index (κ2) is 5.08. The average Bonchev–Trinajstić information content (AvgIpc) is 2.70. The number of aliphatic hydroxyl groups is 1. The summed E-state index contributed by atoms with van der Waals surface area (Å²) in [5, 5.41) is 10.1. The predicted octanol–water partition coefficient (Wildman–Crippen LogP) is 1.12. The third kappa shape index (κ3) is 3.09. The molecule has 1 aliphatic heterocycles. The lowest BCUT2D eigenvalue weighted by Crippen LogP contribution is -2.42. The summed E-state index contributed by atoms with van der Waals surface area (Å²) < 4.78 is 5.41. The molecule has 0 spiro atoms. The number of hydrogen-bond donors (Lipinski definition) is 2. The van der Waals surface area contributed by atoms with Crippen molar-refractivity contribution in [2.24, 2.45) is 10.7 Å². The van der Waals surface area contributed by atoms with Gasteiger partial charge in [-0.25, -0.2) is 4.99 Å². The zero-order chi connectivity index (χ0) is 13.2. The number of aliphatic imine (C=N–C) groups is 1. The number of nitrogens with two attached hydrogens (primary N) is 1. The highest BCUT2D eigenvalue weighted by Gasteiger charge is 2.32. The largest absolute Gasteiger partial charge is 0.477 e. The molecular weight excluding hydrogens is 228 g/mol. The van der Waals surface area contributed by atoms with E-state index in [2.05, 4.69) is 4.99 Å². The Bertz CT molecular complexity index is 429. The maximum atomic E-state index is 10.1. The van der Waals surface area contributed by atoms with Crippen LogP contribution in [0.3, 0.4) is 0 Å². The Labute approximate surface area is 107 Å². The van der Waals surface area contributed by atoms with Crippen molar-refractivity contribution in [1.82, 2.24) is 0 Å².